The van der Waals surface area contributed by atoms with Crippen molar-refractivity contribution in [2.24, 2.45) is 0 Å². The van der Waals surface area contributed by atoms with Crippen molar-refractivity contribution < 1.29 is 35.1 Å². The molecule has 1 rings (SSSR count). The van der Waals surface area contributed by atoms with Crippen LogP contribution in [-0.4, -0.2) is 60.4 Å². The van der Waals surface area contributed by atoms with E-state index in [-0.39, 0.29) is 9.80 Å². The van der Waals surface area contributed by atoms with Gasteiger partial charge in [0.05, 0.1) is 0 Å². The van der Waals surface area contributed by atoms with Crippen molar-refractivity contribution in [1.29, 1.82) is 0 Å². The summed E-state index contributed by atoms with van der Waals surface area (Å²) >= 11 is 0. The molecule has 0 radical (unpaired) electrons. The van der Waals surface area contributed by atoms with Crippen molar-refractivity contribution in [3.63, 3.8) is 0 Å². The van der Waals surface area contributed by atoms with Gasteiger partial charge in [0.2, 0.25) is 6.17 Å². The maximum Gasteiger partial charge on any atom is 0.460 e. The van der Waals surface area contributed by atoms with Crippen LogP contribution in [0.4, 0.5) is 35.1 Å². The molecule has 21 heavy (non-hydrogen) atoms. The highest BCUT2D eigenvalue weighted by atomic mass is 19.4. The molecule has 0 aliphatic carbocycles. The minimum atomic E-state index is -4.69. The summed E-state index contributed by atoms with van der Waals surface area (Å²) in [6, 6.07) is -4.55. The number of hydrogen-bond acceptors (Lipinski definition) is 2. The lowest BCUT2D eigenvalue weighted by atomic mass is 10.1. The largest absolute Gasteiger partial charge is 0.460 e. The molecule has 0 aromatic rings. The van der Waals surface area contributed by atoms with Crippen LogP contribution < -0.4 is 0 Å². The lowest BCUT2D eigenvalue weighted by Gasteiger charge is -2.41. The zero-order valence-electron chi connectivity index (χ0n) is 10.8. The van der Waals surface area contributed by atoms with E-state index in [1.807, 2.05) is 0 Å². The fraction of sp³-hybridized carbons (Fsp3) is 0.818. The summed E-state index contributed by atoms with van der Waals surface area (Å²) in [6.45, 7) is -0.474. The van der Waals surface area contributed by atoms with Gasteiger partial charge in [0.1, 0.15) is 0 Å². The molecule has 1 heterocycles. The van der Waals surface area contributed by atoms with Gasteiger partial charge in [-0.2, -0.15) is 22.0 Å². The molecule has 1 fully saturated rings. The van der Waals surface area contributed by atoms with Gasteiger partial charge in [-0.15, -0.1) is 6.58 Å². The predicted octanol–water partition coefficient (Wildman–Crippen LogP) is 3.27. The highest BCUT2D eigenvalue weighted by molar-refractivity contribution is 4.94. The van der Waals surface area contributed by atoms with E-state index >= 15 is 0 Å². The van der Waals surface area contributed by atoms with Crippen LogP contribution in [0.25, 0.3) is 0 Å². The number of alkyl halides is 8. The predicted molar refractivity (Wildman–Crippen MR) is 58.8 cm³/mol. The maximum absolute atomic E-state index is 13.7. The van der Waals surface area contributed by atoms with Crippen molar-refractivity contribution in [1.82, 2.24) is 9.80 Å². The molecular formula is C11H14F8N2. The Morgan fingerprint density at radius 3 is 1.71 bits per heavy atom. The van der Waals surface area contributed by atoms with Crippen molar-refractivity contribution in [2.45, 2.75) is 30.9 Å². The minimum absolute atomic E-state index is 0.0108. The van der Waals surface area contributed by atoms with Gasteiger partial charge in [-0.05, 0) is 0 Å². The normalized spacial score (nSPS) is 21.3. The Balaban J connectivity index is 2.74. The quantitative estimate of drug-likeness (QED) is 0.435. The van der Waals surface area contributed by atoms with E-state index in [0.717, 1.165) is 0 Å². The van der Waals surface area contributed by atoms with Gasteiger partial charge in [0.15, 0.2) is 0 Å². The smallest absolute Gasteiger partial charge is 0.239 e. The molecule has 0 bridgehead atoms. The highest BCUT2D eigenvalue weighted by Gasteiger charge is 2.59. The first-order valence-electron chi connectivity index (χ1n) is 6.00. The molecule has 0 amide bonds. The topological polar surface area (TPSA) is 6.48 Å². The van der Waals surface area contributed by atoms with E-state index in [2.05, 4.69) is 6.58 Å². The first-order valence-corrected chi connectivity index (χ1v) is 6.00. The zero-order valence-corrected chi connectivity index (χ0v) is 10.8. The van der Waals surface area contributed by atoms with Crippen LogP contribution in [0.2, 0.25) is 0 Å². The molecule has 1 atom stereocenters. The van der Waals surface area contributed by atoms with E-state index in [1.54, 1.807) is 0 Å². The molecule has 1 saturated heterocycles. The highest BCUT2D eigenvalue weighted by Crippen LogP contribution is 2.39. The molecule has 0 aromatic heterocycles. The van der Waals surface area contributed by atoms with E-state index < -0.39 is 57.0 Å². The van der Waals surface area contributed by atoms with Gasteiger partial charge in [-0.1, -0.05) is 6.08 Å². The van der Waals surface area contributed by atoms with Crippen LogP contribution in [0.3, 0.4) is 0 Å². The standard InChI is InChI=1S/C11H14F8N2/c1-2-3-9(13,14)8(12)10(15,16)20-4-6-21(7-5-20)11(17,18)19/h2,8H,1,3-7H2. The lowest BCUT2D eigenvalue weighted by molar-refractivity contribution is -0.283. The Morgan fingerprint density at radius 2 is 1.33 bits per heavy atom. The van der Waals surface area contributed by atoms with E-state index in [9.17, 15) is 35.1 Å². The number of nitrogens with zero attached hydrogens (tertiary/aromatic N) is 2. The van der Waals surface area contributed by atoms with Crippen LogP contribution in [-0.2, 0) is 0 Å². The summed E-state index contributed by atoms with van der Waals surface area (Å²) < 4.78 is 104. The zero-order chi connectivity index (χ0) is 16.5. The van der Waals surface area contributed by atoms with Gasteiger partial charge >= 0.3 is 12.3 Å². The van der Waals surface area contributed by atoms with Gasteiger partial charge in [-0.25, -0.2) is 23.0 Å². The molecular weight excluding hydrogens is 312 g/mol. The molecule has 0 spiro atoms. The summed E-state index contributed by atoms with van der Waals surface area (Å²) in [5.41, 5.74) is 0. The fourth-order valence-corrected chi connectivity index (χ4v) is 1.97. The molecule has 0 saturated carbocycles. The van der Waals surface area contributed by atoms with Crippen LogP contribution in [0, 0.1) is 0 Å². The second-order valence-electron chi connectivity index (χ2n) is 4.65. The number of halogens is 8. The van der Waals surface area contributed by atoms with Crippen LogP contribution >= 0.6 is 0 Å². The van der Waals surface area contributed by atoms with Crippen LogP contribution in [0.1, 0.15) is 6.42 Å². The molecule has 124 valence electrons. The average molecular weight is 326 g/mol. The Kier molecular flexibility index (Phi) is 5.25. The first-order chi connectivity index (χ1) is 9.43. The Hall–Kier alpha value is -0.900. The van der Waals surface area contributed by atoms with E-state index in [4.69, 9.17) is 0 Å². The Bertz CT molecular complexity index is 360. The Morgan fingerprint density at radius 1 is 0.905 bits per heavy atom. The van der Waals surface area contributed by atoms with E-state index in [1.165, 1.54) is 0 Å². The molecule has 1 aliphatic rings. The SMILES string of the molecule is C=CCC(F)(F)C(F)C(F)(F)N1CCN(C(F)(F)F)CC1. The van der Waals surface area contributed by atoms with Crippen molar-refractivity contribution in [2.75, 3.05) is 26.2 Å². The minimum Gasteiger partial charge on any atom is -0.239 e. The number of hydrogen-bond donors (Lipinski definition) is 0. The molecule has 0 aromatic carbocycles. The first kappa shape index (κ1) is 18.1. The van der Waals surface area contributed by atoms with Gasteiger partial charge in [0, 0.05) is 32.6 Å². The molecule has 1 unspecified atom stereocenters. The third-order valence-electron chi connectivity index (χ3n) is 3.15. The lowest BCUT2D eigenvalue weighted by Crippen LogP contribution is -2.61. The molecule has 1 aliphatic heterocycles. The molecule has 0 N–H and O–H groups in total. The average Bonchev–Trinajstić information content (AvgIpc) is 2.37. The molecule has 10 heteroatoms. The van der Waals surface area contributed by atoms with Crippen molar-refractivity contribution in [3.05, 3.63) is 12.7 Å². The summed E-state index contributed by atoms with van der Waals surface area (Å²) in [5, 5.41) is 0. The Labute approximate surface area is 116 Å². The fourth-order valence-electron chi connectivity index (χ4n) is 1.97. The van der Waals surface area contributed by atoms with Crippen molar-refractivity contribution in [3.8, 4) is 0 Å². The second kappa shape index (κ2) is 6.07. The van der Waals surface area contributed by atoms with Gasteiger partial charge in [-0.3, -0.25) is 0 Å². The summed E-state index contributed by atoms with van der Waals surface area (Å²) in [7, 11) is 0. The monoisotopic (exact) mass is 326 g/mol. The van der Waals surface area contributed by atoms with Crippen molar-refractivity contribution >= 4 is 0 Å². The number of rotatable bonds is 5. The summed E-state index contributed by atoms with van der Waals surface area (Å²) in [5.74, 6) is -4.34. The van der Waals surface area contributed by atoms with E-state index in [0.29, 0.717) is 6.08 Å². The maximum atomic E-state index is 13.7. The van der Waals surface area contributed by atoms with Crippen LogP contribution in [0.5, 0.6) is 0 Å². The van der Waals surface area contributed by atoms with Gasteiger partial charge in [0.25, 0.3) is 5.92 Å². The third kappa shape index (κ3) is 4.06. The summed E-state index contributed by atoms with van der Waals surface area (Å²) in [6.07, 6.45) is -9.19. The second-order valence-corrected chi connectivity index (χ2v) is 4.65. The summed E-state index contributed by atoms with van der Waals surface area (Å²) in [4.78, 5) is -0.0222. The number of allylic oxidation sites excluding steroid dienone is 1. The third-order valence-corrected chi connectivity index (χ3v) is 3.15. The molecule has 2 nitrogen and oxygen atoms in total. The van der Waals surface area contributed by atoms with Crippen LogP contribution in [0.15, 0.2) is 12.7 Å². The number of piperazine rings is 1. The van der Waals surface area contributed by atoms with Gasteiger partial charge < -0.3 is 0 Å².